The first-order chi connectivity index (χ1) is 28.5. The Kier molecular flexibility index (Phi) is 11.0. The van der Waals surface area contributed by atoms with Gasteiger partial charge in [0.15, 0.2) is 12.6 Å². The molecule has 0 bridgehead atoms. The highest BCUT2D eigenvalue weighted by molar-refractivity contribution is 6.03. The fraction of sp³-hybridized carbons (Fsp3) is 0.535. The number of aryl methyl sites for hydroxylation is 1. The van der Waals surface area contributed by atoms with E-state index in [9.17, 15) is 18.0 Å². The van der Waals surface area contributed by atoms with E-state index in [1.807, 2.05) is 37.5 Å². The molecular formula is C43H47F5N6O6. The van der Waals surface area contributed by atoms with Gasteiger partial charge in [0.1, 0.15) is 40.8 Å². The molecular weight excluding hydrogens is 791 g/mol. The lowest BCUT2D eigenvalue weighted by Gasteiger charge is -2.46. The number of carbonyl (C=O) groups excluding carboxylic acids is 1. The maximum absolute atomic E-state index is 17.7. The first-order valence-corrected chi connectivity index (χ1v) is 20.1. The summed E-state index contributed by atoms with van der Waals surface area (Å²) < 4.78 is 100. The molecule has 4 aromatic rings. The quantitative estimate of drug-likeness (QED) is 0.0938. The number of aromatic nitrogens is 3. The normalized spacial score (nSPS) is 23.1. The average molecular weight is 839 g/mol. The molecule has 1 amide bonds. The van der Waals surface area contributed by atoms with Crippen molar-refractivity contribution < 1.29 is 50.4 Å². The van der Waals surface area contributed by atoms with E-state index in [2.05, 4.69) is 15.6 Å². The number of benzene rings is 2. The fourth-order valence-corrected chi connectivity index (χ4v) is 9.38. The third-order valence-corrected chi connectivity index (χ3v) is 11.9. The number of alkyl halides is 3. The van der Waals surface area contributed by atoms with Gasteiger partial charge in [0.25, 0.3) is 0 Å². The Hall–Kier alpha value is -5.05. The van der Waals surface area contributed by atoms with Crippen LogP contribution in [0.5, 0.6) is 11.8 Å². The number of ether oxygens (including phenoxy) is 5. The van der Waals surface area contributed by atoms with E-state index in [-0.39, 0.29) is 78.7 Å². The van der Waals surface area contributed by atoms with Crippen LogP contribution in [0.3, 0.4) is 0 Å². The van der Waals surface area contributed by atoms with Crippen LogP contribution < -0.4 is 14.4 Å². The number of piperazine rings is 1. The Morgan fingerprint density at radius 1 is 1.05 bits per heavy atom. The number of nitrogens with zero attached hydrogens (tertiary/aromatic N) is 6. The van der Waals surface area contributed by atoms with Gasteiger partial charge in [-0.2, -0.15) is 9.97 Å². The lowest BCUT2D eigenvalue weighted by molar-refractivity contribution is -0.340. The van der Waals surface area contributed by atoms with Crippen LogP contribution in [0.1, 0.15) is 71.1 Å². The third kappa shape index (κ3) is 7.85. The van der Waals surface area contributed by atoms with E-state index >= 15 is 8.78 Å². The molecule has 0 saturated carbocycles. The highest BCUT2D eigenvalue weighted by Gasteiger charge is 2.52. The summed E-state index contributed by atoms with van der Waals surface area (Å²) in [6.07, 6.45) is 2.33. The van der Waals surface area contributed by atoms with E-state index in [0.717, 1.165) is 6.42 Å². The second-order valence-corrected chi connectivity index (χ2v) is 17.0. The molecule has 4 aliphatic rings. The number of rotatable bonds is 9. The topological polar surface area (TPSA) is 112 Å². The van der Waals surface area contributed by atoms with Crippen LogP contribution >= 0.6 is 0 Å². The van der Waals surface area contributed by atoms with Crippen LogP contribution in [0.2, 0.25) is 0 Å². The second-order valence-electron chi connectivity index (χ2n) is 17.0. The molecule has 8 rings (SSSR count). The molecule has 6 heterocycles. The van der Waals surface area contributed by atoms with E-state index in [0.29, 0.717) is 66.8 Å². The van der Waals surface area contributed by atoms with Crippen molar-refractivity contribution in [3.63, 3.8) is 0 Å². The Morgan fingerprint density at radius 2 is 1.85 bits per heavy atom. The second kappa shape index (κ2) is 15.8. The van der Waals surface area contributed by atoms with Gasteiger partial charge in [-0.25, -0.2) is 18.6 Å². The molecule has 0 unspecified atom stereocenters. The summed E-state index contributed by atoms with van der Waals surface area (Å²) in [5.74, 6) is 1.55. The summed E-state index contributed by atoms with van der Waals surface area (Å²) >= 11 is 0. The largest absolute Gasteiger partial charge is 0.522 e. The zero-order valence-corrected chi connectivity index (χ0v) is 34.1. The van der Waals surface area contributed by atoms with Crippen molar-refractivity contribution in [2.24, 2.45) is 0 Å². The molecule has 320 valence electrons. The first-order valence-electron chi connectivity index (χ1n) is 20.1. The smallest absolute Gasteiger partial charge is 0.468 e. The van der Waals surface area contributed by atoms with Crippen molar-refractivity contribution in [1.82, 2.24) is 24.8 Å². The summed E-state index contributed by atoms with van der Waals surface area (Å²) in [4.78, 5) is 33.8. The van der Waals surface area contributed by atoms with Crippen LogP contribution in [0.4, 0.5) is 32.6 Å². The van der Waals surface area contributed by atoms with Crippen LogP contribution in [0, 0.1) is 24.0 Å². The summed E-state index contributed by atoms with van der Waals surface area (Å²) in [7, 11) is 1.46. The van der Waals surface area contributed by atoms with E-state index in [1.54, 1.807) is 11.0 Å². The Labute approximate surface area is 344 Å². The number of carbonyl (C=O) groups is 1. The lowest BCUT2D eigenvalue weighted by atomic mass is 9.94. The minimum atomic E-state index is -4.79. The van der Waals surface area contributed by atoms with Crippen LogP contribution in [-0.2, 0) is 20.6 Å². The molecule has 0 spiro atoms. The van der Waals surface area contributed by atoms with Crippen molar-refractivity contribution in [3.05, 3.63) is 47.2 Å². The number of anilines is 1. The first kappa shape index (κ1) is 41.7. The van der Waals surface area contributed by atoms with Gasteiger partial charge in [0, 0.05) is 43.7 Å². The fourth-order valence-electron chi connectivity index (χ4n) is 9.38. The SMILES string of the molecule is C#Cc1c(F)ccc2cc(OCOC)cc(-c3nc4c5c(nc(OC[C@]67CCCN6C[C@H](OC(F)(F)F)C7)nc5c3F)N3C[C@@H](CC)N(C(=O)OC(C)(C)C)C[C@H]3CC4)c12. The number of terminal acetylenes is 1. The van der Waals surface area contributed by atoms with Gasteiger partial charge in [-0.05, 0) is 89.4 Å². The van der Waals surface area contributed by atoms with E-state index in [1.165, 1.54) is 25.3 Å². The van der Waals surface area contributed by atoms with Crippen molar-refractivity contribution in [2.75, 3.05) is 51.6 Å². The molecule has 0 N–H and O–H groups in total. The molecule has 4 aliphatic heterocycles. The van der Waals surface area contributed by atoms with Gasteiger partial charge in [0.2, 0.25) is 0 Å². The Balaban J connectivity index is 1.28. The molecule has 3 fully saturated rings. The number of pyridine rings is 1. The number of methoxy groups -OCH3 is 1. The zero-order valence-electron chi connectivity index (χ0n) is 34.1. The third-order valence-electron chi connectivity index (χ3n) is 11.9. The van der Waals surface area contributed by atoms with E-state index in [4.69, 9.17) is 35.3 Å². The Bertz CT molecular complexity index is 2370. The maximum atomic E-state index is 17.7. The number of amides is 1. The molecule has 4 atom stereocenters. The predicted molar refractivity (Wildman–Crippen MR) is 212 cm³/mol. The highest BCUT2D eigenvalue weighted by Crippen LogP contribution is 2.45. The van der Waals surface area contributed by atoms with E-state index < -0.39 is 41.3 Å². The summed E-state index contributed by atoms with van der Waals surface area (Å²) in [6.45, 7) is 8.48. The molecule has 17 heteroatoms. The molecule has 2 aromatic heterocycles. The van der Waals surface area contributed by atoms with Crippen LogP contribution in [0.25, 0.3) is 32.9 Å². The summed E-state index contributed by atoms with van der Waals surface area (Å²) in [6, 6.07) is 5.15. The van der Waals surface area contributed by atoms with Gasteiger partial charge in [-0.15, -0.1) is 19.6 Å². The minimum absolute atomic E-state index is 0.0656. The Morgan fingerprint density at radius 3 is 2.57 bits per heavy atom. The van der Waals surface area contributed by atoms with Gasteiger partial charge in [-0.1, -0.05) is 18.9 Å². The van der Waals surface area contributed by atoms with Gasteiger partial charge < -0.3 is 28.7 Å². The molecule has 12 nitrogen and oxygen atoms in total. The standard InChI is InChI=1S/C43H47F5N6O6/c1-7-25-19-53-26(20-54(25)40(55)60-41(3,4)5)11-13-32-34-37(50-39(51-38(34)53)57-22-42-14-9-15-52(42)21-28(18-42)59-43(46,47)48)35(45)36(49-32)30-17-27(58-23-56-6)16-24-10-12-31(44)29(8-2)33(24)30/h2,10,12,16-17,25-26,28H,7,9,11,13-15,18-23H2,1,3-6H3/t25-,26-,28-,42-/m1/s1. The number of hydrogen-bond acceptors (Lipinski definition) is 11. The van der Waals surface area contributed by atoms with Gasteiger partial charge >= 0.3 is 18.5 Å². The maximum Gasteiger partial charge on any atom is 0.522 e. The van der Waals surface area contributed by atoms with Gasteiger partial charge in [-0.3, -0.25) is 9.64 Å². The monoisotopic (exact) mass is 838 g/mol. The minimum Gasteiger partial charge on any atom is -0.468 e. The van der Waals surface area contributed by atoms with Crippen molar-refractivity contribution in [1.29, 1.82) is 0 Å². The van der Waals surface area contributed by atoms with Gasteiger partial charge in [0.05, 0.1) is 34.3 Å². The molecule has 3 saturated heterocycles. The van der Waals surface area contributed by atoms with Crippen molar-refractivity contribution in [3.8, 4) is 35.4 Å². The number of fused-ring (bicyclic) bond motifs is 4. The molecule has 60 heavy (non-hydrogen) atoms. The van der Waals surface area contributed by atoms with Crippen LogP contribution in [0.15, 0.2) is 24.3 Å². The zero-order chi connectivity index (χ0) is 42.7. The lowest BCUT2D eigenvalue weighted by Crippen LogP contribution is -2.60. The summed E-state index contributed by atoms with van der Waals surface area (Å²) in [5, 5.41) is 1.07. The van der Waals surface area contributed by atoms with Crippen LogP contribution in [-0.4, -0.2) is 113 Å². The molecule has 0 aliphatic carbocycles. The summed E-state index contributed by atoms with van der Waals surface area (Å²) in [5.41, 5.74) is -1.23. The number of halogens is 5. The average Bonchev–Trinajstić information content (AvgIpc) is 3.68. The number of hydrogen-bond donors (Lipinski definition) is 0. The van der Waals surface area contributed by atoms with Crippen molar-refractivity contribution in [2.45, 2.75) is 102 Å². The highest BCUT2D eigenvalue weighted by atomic mass is 19.4. The van der Waals surface area contributed by atoms with Crippen molar-refractivity contribution >= 4 is 33.6 Å². The molecule has 2 aromatic carbocycles. The molecule has 0 radical (unpaired) electrons. The predicted octanol–water partition coefficient (Wildman–Crippen LogP) is 7.76.